The summed E-state index contributed by atoms with van der Waals surface area (Å²) in [6, 6.07) is 68.3. The molecule has 0 aliphatic carbocycles. The molecule has 0 N–H and O–H groups in total. The molecule has 0 aliphatic heterocycles. The van der Waals surface area contributed by atoms with Gasteiger partial charge in [0.1, 0.15) is 0 Å². The summed E-state index contributed by atoms with van der Waals surface area (Å²) >= 11 is 0. The molecule has 0 aliphatic rings. The van der Waals surface area contributed by atoms with Crippen molar-refractivity contribution in [2.24, 2.45) is 0 Å². The Morgan fingerprint density at radius 3 is 1.42 bits per heavy atom. The van der Waals surface area contributed by atoms with Gasteiger partial charge < -0.3 is 4.57 Å². The molecule has 8 aromatic carbocycles. The van der Waals surface area contributed by atoms with Crippen molar-refractivity contribution in [2.45, 2.75) is 13.1 Å². The molecule has 0 atom stereocenters. The maximum atomic E-state index is 14.7. The Morgan fingerprint density at radius 1 is 0.364 bits per heavy atom. The summed E-state index contributed by atoms with van der Waals surface area (Å²) in [5.41, 5.74) is 10.9. The molecule has 0 bridgehead atoms. The Balaban J connectivity index is 1.21. The van der Waals surface area contributed by atoms with Crippen molar-refractivity contribution < 1.29 is 13.2 Å². The standard InChI is InChI=1S/C58H38F3N5/c1-37-26-29-44(48(32-37)58(59,60)61)42-27-30-46-45-24-14-15-25-53(45)66(55(46)34-42)54-31-28-43(52-36-49(38-16-6-2-7-17-38)62-56(63-52)41-22-12-5-13-23-41)33-47(54)57-64-50(39-18-8-3-9-19-39)35-51(65-57)40-20-10-4-11-21-40/h2-36H,1H3. The van der Waals surface area contributed by atoms with Crippen LogP contribution in [-0.4, -0.2) is 24.5 Å². The Morgan fingerprint density at radius 2 is 0.848 bits per heavy atom. The van der Waals surface area contributed by atoms with Gasteiger partial charge in [0.25, 0.3) is 0 Å². The lowest BCUT2D eigenvalue weighted by atomic mass is 9.96. The maximum absolute atomic E-state index is 14.7. The van der Waals surface area contributed by atoms with Crippen LogP contribution in [0.1, 0.15) is 11.1 Å². The van der Waals surface area contributed by atoms with Gasteiger partial charge in [0.15, 0.2) is 11.6 Å². The van der Waals surface area contributed by atoms with E-state index in [2.05, 4.69) is 10.6 Å². The SMILES string of the molecule is Cc1ccc(-c2ccc3c4ccccc4n(-c4ccc(-c5cc(-c6ccccc6)nc(-c6ccccc6)n5)cc4-c4nc(-c5ccccc5)cc(-c5ccccc5)n4)c3c2)c(C(F)(F)F)c1. The third-order valence-electron chi connectivity index (χ3n) is 11.9. The molecule has 316 valence electrons. The molecule has 3 heterocycles. The molecule has 0 saturated carbocycles. The molecule has 11 rings (SSSR count). The highest BCUT2D eigenvalue weighted by Gasteiger charge is 2.34. The topological polar surface area (TPSA) is 56.5 Å². The Hall–Kier alpha value is -8.49. The van der Waals surface area contributed by atoms with Crippen LogP contribution < -0.4 is 0 Å². The zero-order valence-electron chi connectivity index (χ0n) is 35.6. The monoisotopic (exact) mass is 861 g/mol. The molecule has 0 radical (unpaired) electrons. The van der Waals surface area contributed by atoms with Gasteiger partial charge in [-0.1, -0.05) is 175 Å². The van der Waals surface area contributed by atoms with E-state index < -0.39 is 11.7 Å². The van der Waals surface area contributed by atoms with Crippen LogP contribution in [-0.2, 0) is 6.18 Å². The summed E-state index contributed by atoms with van der Waals surface area (Å²) in [4.78, 5) is 20.9. The second kappa shape index (κ2) is 16.6. The molecule has 8 heteroatoms. The minimum atomic E-state index is -4.55. The molecule has 0 amide bonds. The van der Waals surface area contributed by atoms with Crippen LogP contribution in [0, 0.1) is 6.92 Å². The summed E-state index contributed by atoms with van der Waals surface area (Å²) in [6.45, 7) is 1.68. The smallest absolute Gasteiger partial charge is 0.308 e. The van der Waals surface area contributed by atoms with Crippen molar-refractivity contribution in [3.8, 4) is 84.6 Å². The number of aromatic nitrogens is 5. The lowest BCUT2D eigenvalue weighted by Crippen LogP contribution is -2.07. The second-order valence-corrected chi connectivity index (χ2v) is 16.3. The lowest BCUT2D eigenvalue weighted by molar-refractivity contribution is -0.137. The number of fused-ring (bicyclic) bond motifs is 3. The number of rotatable bonds is 8. The van der Waals surface area contributed by atoms with Crippen LogP contribution in [0.4, 0.5) is 13.2 Å². The first kappa shape index (κ1) is 40.3. The van der Waals surface area contributed by atoms with Crippen molar-refractivity contribution in [3.63, 3.8) is 0 Å². The van der Waals surface area contributed by atoms with E-state index >= 15 is 0 Å². The summed E-state index contributed by atoms with van der Waals surface area (Å²) in [5, 5.41) is 1.85. The quantitative estimate of drug-likeness (QED) is 0.153. The van der Waals surface area contributed by atoms with Gasteiger partial charge in [-0.3, -0.25) is 0 Å². The van der Waals surface area contributed by atoms with Gasteiger partial charge in [0, 0.05) is 44.2 Å². The fourth-order valence-electron chi connectivity index (χ4n) is 8.76. The Labute approximate surface area is 379 Å². The fraction of sp³-hybridized carbons (Fsp3) is 0.0345. The number of halogens is 3. The highest BCUT2D eigenvalue weighted by atomic mass is 19.4. The maximum Gasteiger partial charge on any atom is 0.417 e. The zero-order valence-corrected chi connectivity index (χ0v) is 35.6. The van der Waals surface area contributed by atoms with E-state index in [4.69, 9.17) is 19.9 Å². The van der Waals surface area contributed by atoms with Gasteiger partial charge in [0.2, 0.25) is 0 Å². The van der Waals surface area contributed by atoms with Gasteiger partial charge >= 0.3 is 6.18 Å². The van der Waals surface area contributed by atoms with Crippen molar-refractivity contribution in [2.75, 3.05) is 0 Å². The number of para-hydroxylation sites is 1. The van der Waals surface area contributed by atoms with E-state index in [1.165, 1.54) is 6.07 Å². The molecule has 0 unspecified atom stereocenters. The number of hydrogen-bond donors (Lipinski definition) is 0. The average molecular weight is 862 g/mol. The van der Waals surface area contributed by atoms with Crippen LogP contribution >= 0.6 is 0 Å². The van der Waals surface area contributed by atoms with Crippen LogP contribution in [0.5, 0.6) is 0 Å². The first-order valence-electron chi connectivity index (χ1n) is 21.6. The van der Waals surface area contributed by atoms with Gasteiger partial charge in [0.05, 0.1) is 45.1 Å². The van der Waals surface area contributed by atoms with Crippen molar-refractivity contribution in [1.82, 2.24) is 24.5 Å². The van der Waals surface area contributed by atoms with Crippen LogP contribution in [0.15, 0.2) is 212 Å². The normalized spacial score (nSPS) is 11.6. The Kier molecular flexibility index (Phi) is 10.1. The predicted molar refractivity (Wildman–Crippen MR) is 260 cm³/mol. The summed E-state index contributed by atoms with van der Waals surface area (Å²) in [5.74, 6) is 1.04. The minimum Gasteiger partial charge on any atom is -0.308 e. The third-order valence-corrected chi connectivity index (χ3v) is 11.9. The average Bonchev–Trinajstić information content (AvgIpc) is 3.70. The molecular formula is C58H38F3N5. The summed E-state index contributed by atoms with van der Waals surface area (Å²) in [6.07, 6.45) is -4.55. The van der Waals surface area contributed by atoms with Gasteiger partial charge in [-0.15, -0.1) is 0 Å². The van der Waals surface area contributed by atoms with E-state index in [1.807, 2.05) is 182 Å². The van der Waals surface area contributed by atoms with E-state index in [0.717, 1.165) is 72.4 Å². The van der Waals surface area contributed by atoms with Crippen LogP contribution in [0.25, 0.3) is 106 Å². The van der Waals surface area contributed by atoms with Gasteiger partial charge in [-0.2, -0.15) is 13.2 Å². The second-order valence-electron chi connectivity index (χ2n) is 16.3. The summed E-state index contributed by atoms with van der Waals surface area (Å²) in [7, 11) is 0. The lowest BCUT2D eigenvalue weighted by Gasteiger charge is -2.18. The van der Waals surface area contributed by atoms with Gasteiger partial charge in [-0.25, -0.2) is 19.9 Å². The van der Waals surface area contributed by atoms with E-state index in [1.54, 1.807) is 25.1 Å². The first-order chi connectivity index (χ1) is 32.2. The highest BCUT2D eigenvalue weighted by Crippen LogP contribution is 2.43. The molecule has 0 spiro atoms. The van der Waals surface area contributed by atoms with E-state index in [9.17, 15) is 13.2 Å². The van der Waals surface area contributed by atoms with Crippen LogP contribution in [0.2, 0.25) is 0 Å². The molecular weight excluding hydrogens is 824 g/mol. The van der Waals surface area contributed by atoms with Crippen molar-refractivity contribution in [1.29, 1.82) is 0 Å². The number of nitrogens with zero attached hydrogens (tertiary/aromatic N) is 5. The Bertz CT molecular complexity index is 3460. The fourth-order valence-corrected chi connectivity index (χ4v) is 8.76. The summed E-state index contributed by atoms with van der Waals surface area (Å²) < 4.78 is 46.2. The van der Waals surface area contributed by atoms with Gasteiger partial charge in [-0.05, 0) is 60.5 Å². The molecule has 11 aromatic rings. The molecule has 0 saturated heterocycles. The third kappa shape index (κ3) is 7.58. The highest BCUT2D eigenvalue weighted by molar-refractivity contribution is 6.11. The largest absolute Gasteiger partial charge is 0.417 e. The predicted octanol–water partition coefficient (Wildman–Crippen LogP) is 15.4. The molecule has 0 fully saturated rings. The first-order valence-corrected chi connectivity index (χ1v) is 21.6. The zero-order chi connectivity index (χ0) is 44.8. The van der Waals surface area contributed by atoms with E-state index in [0.29, 0.717) is 34.0 Å². The molecule has 66 heavy (non-hydrogen) atoms. The van der Waals surface area contributed by atoms with Crippen LogP contribution in [0.3, 0.4) is 0 Å². The van der Waals surface area contributed by atoms with Crippen molar-refractivity contribution >= 4 is 21.8 Å². The van der Waals surface area contributed by atoms with Crippen molar-refractivity contribution in [3.05, 3.63) is 223 Å². The number of benzene rings is 8. The number of aryl methyl sites for hydroxylation is 1. The minimum absolute atomic E-state index is 0.112. The van der Waals surface area contributed by atoms with E-state index in [-0.39, 0.29) is 5.56 Å². The number of alkyl halides is 3. The molecule has 5 nitrogen and oxygen atoms in total. The molecule has 3 aromatic heterocycles. The number of hydrogen-bond acceptors (Lipinski definition) is 4.